The van der Waals surface area contributed by atoms with Crippen molar-refractivity contribution in [2.45, 2.75) is 13.3 Å². The minimum atomic E-state index is -3.56. The van der Waals surface area contributed by atoms with Gasteiger partial charge in [-0.1, -0.05) is 29.8 Å². The van der Waals surface area contributed by atoms with Gasteiger partial charge in [0.1, 0.15) is 5.75 Å². The summed E-state index contributed by atoms with van der Waals surface area (Å²) < 4.78 is 30.6. The zero-order valence-corrected chi connectivity index (χ0v) is 16.4. The van der Waals surface area contributed by atoms with Crippen molar-refractivity contribution >= 4 is 38.9 Å². The maximum absolute atomic E-state index is 12.3. The molecule has 0 saturated heterocycles. The van der Waals surface area contributed by atoms with Crippen LogP contribution in [0.4, 0.5) is 11.4 Å². The van der Waals surface area contributed by atoms with Gasteiger partial charge < -0.3 is 10.1 Å². The van der Waals surface area contributed by atoms with Gasteiger partial charge in [0.05, 0.1) is 24.7 Å². The summed E-state index contributed by atoms with van der Waals surface area (Å²) in [6, 6.07) is 12.0. The Morgan fingerprint density at radius 2 is 1.92 bits per heavy atom. The van der Waals surface area contributed by atoms with Crippen LogP contribution in [0.1, 0.15) is 12.0 Å². The third-order valence-corrected chi connectivity index (χ3v) is 5.37. The molecule has 0 aliphatic heterocycles. The van der Waals surface area contributed by atoms with E-state index < -0.39 is 10.0 Å². The molecule has 0 bridgehead atoms. The van der Waals surface area contributed by atoms with Crippen LogP contribution in [0.3, 0.4) is 0 Å². The first-order valence-corrected chi connectivity index (χ1v) is 10.1. The van der Waals surface area contributed by atoms with Crippen LogP contribution in [0.15, 0.2) is 42.5 Å². The predicted octanol–water partition coefficient (Wildman–Crippen LogP) is 3.45. The van der Waals surface area contributed by atoms with E-state index in [0.29, 0.717) is 22.1 Å². The molecule has 0 fully saturated rings. The number of amides is 1. The lowest BCUT2D eigenvalue weighted by Crippen LogP contribution is -2.33. The van der Waals surface area contributed by atoms with Crippen LogP contribution in [-0.4, -0.2) is 34.2 Å². The molecule has 0 atom stereocenters. The molecule has 0 unspecified atom stereocenters. The molecule has 0 spiro atoms. The van der Waals surface area contributed by atoms with E-state index >= 15 is 0 Å². The van der Waals surface area contributed by atoms with Gasteiger partial charge in [0, 0.05) is 18.0 Å². The molecule has 0 aliphatic carbocycles. The monoisotopic (exact) mass is 396 g/mol. The number of nitrogens with one attached hydrogen (secondary N) is 1. The second-order valence-electron chi connectivity index (χ2n) is 5.77. The molecule has 140 valence electrons. The zero-order chi connectivity index (χ0) is 19.3. The van der Waals surface area contributed by atoms with Gasteiger partial charge >= 0.3 is 0 Å². The van der Waals surface area contributed by atoms with E-state index in [2.05, 4.69) is 5.32 Å². The molecular formula is C18H21ClN2O4S. The summed E-state index contributed by atoms with van der Waals surface area (Å²) in [7, 11) is -2.05. The SMILES string of the molecule is COc1ccccc1NC(=O)CCN(c1ccc(C)c(Cl)c1)S(C)(=O)=O. The number of hydrogen-bond acceptors (Lipinski definition) is 4. The fraction of sp³-hybridized carbons (Fsp3) is 0.278. The van der Waals surface area contributed by atoms with Crippen LogP contribution in [0.2, 0.25) is 5.02 Å². The lowest BCUT2D eigenvalue weighted by Gasteiger charge is -2.22. The highest BCUT2D eigenvalue weighted by molar-refractivity contribution is 7.92. The highest BCUT2D eigenvalue weighted by Gasteiger charge is 2.19. The molecule has 8 heteroatoms. The van der Waals surface area contributed by atoms with Gasteiger partial charge in [-0.3, -0.25) is 9.10 Å². The molecular weight excluding hydrogens is 376 g/mol. The van der Waals surface area contributed by atoms with Gasteiger partial charge in [-0.05, 0) is 36.8 Å². The molecule has 1 N–H and O–H groups in total. The van der Waals surface area contributed by atoms with Crippen molar-refractivity contribution in [1.29, 1.82) is 0 Å². The fourth-order valence-corrected chi connectivity index (χ4v) is 3.48. The first-order chi connectivity index (χ1) is 12.2. The van der Waals surface area contributed by atoms with Gasteiger partial charge in [-0.15, -0.1) is 0 Å². The van der Waals surface area contributed by atoms with Crippen molar-refractivity contribution in [2.75, 3.05) is 29.5 Å². The van der Waals surface area contributed by atoms with Crippen molar-refractivity contribution < 1.29 is 17.9 Å². The van der Waals surface area contributed by atoms with Crippen molar-refractivity contribution in [3.05, 3.63) is 53.1 Å². The van der Waals surface area contributed by atoms with Crippen LogP contribution >= 0.6 is 11.6 Å². The maximum Gasteiger partial charge on any atom is 0.232 e. The molecule has 0 aliphatic rings. The number of nitrogens with zero attached hydrogens (tertiary/aromatic N) is 1. The summed E-state index contributed by atoms with van der Waals surface area (Å²) in [5, 5.41) is 3.20. The van der Waals surface area contributed by atoms with E-state index in [1.165, 1.54) is 11.4 Å². The predicted molar refractivity (Wildman–Crippen MR) is 105 cm³/mol. The number of para-hydroxylation sites is 2. The molecule has 1 amide bonds. The van der Waals surface area contributed by atoms with Gasteiger partial charge in [-0.2, -0.15) is 0 Å². The number of carbonyl (C=O) groups excluding carboxylic acids is 1. The molecule has 2 aromatic rings. The topological polar surface area (TPSA) is 75.7 Å². The molecule has 26 heavy (non-hydrogen) atoms. The summed E-state index contributed by atoms with van der Waals surface area (Å²) >= 11 is 6.10. The summed E-state index contributed by atoms with van der Waals surface area (Å²) in [6.45, 7) is 1.83. The Bertz CT molecular complexity index is 900. The lowest BCUT2D eigenvalue weighted by atomic mass is 10.2. The molecule has 2 aromatic carbocycles. The van der Waals surface area contributed by atoms with Crippen molar-refractivity contribution in [1.82, 2.24) is 0 Å². The normalized spacial score (nSPS) is 11.1. The van der Waals surface area contributed by atoms with E-state index in [9.17, 15) is 13.2 Å². The third-order valence-electron chi connectivity index (χ3n) is 3.77. The third kappa shape index (κ3) is 5.12. The molecule has 0 aromatic heterocycles. The highest BCUT2D eigenvalue weighted by atomic mass is 35.5. The van der Waals surface area contributed by atoms with E-state index in [1.807, 2.05) is 6.92 Å². The van der Waals surface area contributed by atoms with Gasteiger partial charge in [0.25, 0.3) is 0 Å². The summed E-state index contributed by atoms with van der Waals surface area (Å²) in [5.41, 5.74) is 1.80. The number of benzene rings is 2. The Hall–Kier alpha value is -2.25. The first kappa shape index (κ1) is 20.1. The lowest BCUT2D eigenvalue weighted by molar-refractivity contribution is -0.116. The molecule has 6 nitrogen and oxygen atoms in total. The van der Waals surface area contributed by atoms with Gasteiger partial charge in [0.2, 0.25) is 15.9 Å². The Balaban J connectivity index is 2.12. The average Bonchev–Trinajstić information content (AvgIpc) is 2.57. The quantitative estimate of drug-likeness (QED) is 0.777. The molecule has 2 rings (SSSR count). The Morgan fingerprint density at radius 1 is 1.23 bits per heavy atom. The van der Waals surface area contributed by atoms with Gasteiger partial charge in [0.15, 0.2) is 0 Å². The number of anilines is 2. The number of rotatable bonds is 7. The Kier molecular flexibility index (Phi) is 6.50. The fourth-order valence-electron chi connectivity index (χ4n) is 2.39. The number of ether oxygens (including phenoxy) is 1. The minimum absolute atomic E-state index is 0.000788. The summed E-state index contributed by atoms with van der Waals surface area (Å²) in [6.07, 6.45) is 1.08. The summed E-state index contributed by atoms with van der Waals surface area (Å²) in [4.78, 5) is 12.3. The number of hydrogen-bond donors (Lipinski definition) is 1. The number of carbonyl (C=O) groups is 1. The number of halogens is 1. The zero-order valence-electron chi connectivity index (χ0n) is 14.8. The molecule has 0 radical (unpaired) electrons. The highest BCUT2D eigenvalue weighted by Crippen LogP contribution is 2.26. The smallest absolute Gasteiger partial charge is 0.232 e. The van der Waals surface area contributed by atoms with E-state index in [0.717, 1.165) is 11.8 Å². The standard InChI is InChI=1S/C18H21ClN2O4S/c1-13-8-9-14(12-15(13)19)21(26(3,23)24)11-10-18(22)20-16-6-4-5-7-17(16)25-2/h4-9,12H,10-11H2,1-3H3,(H,20,22). The number of sulfonamides is 1. The minimum Gasteiger partial charge on any atom is -0.495 e. The maximum atomic E-state index is 12.3. The number of methoxy groups -OCH3 is 1. The van der Waals surface area contributed by atoms with Crippen LogP contribution in [-0.2, 0) is 14.8 Å². The number of aryl methyl sites for hydroxylation is 1. The van der Waals surface area contributed by atoms with Crippen LogP contribution in [0, 0.1) is 6.92 Å². The largest absolute Gasteiger partial charge is 0.495 e. The molecule has 0 saturated carbocycles. The Labute approximate surface area is 158 Å². The summed E-state index contributed by atoms with van der Waals surface area (Å²) in [5.74, 6) is 0.215. The van der Waals surface area contributed by atoms with Crippen LogP contribution in [0.5, 0.6) is 5.75 Å². The van der Waals surface area contributed by atoms with E-state index in [4.69, 9.17) is 16.3 Å². The van der Waals surface area contributed by atoms with Gasteiger partial charge in [-0.25, -0.2) is 8.42 Å². The van der Waals surface area contributed by atoms with E-state index in [-0.39, 0.29) is 18.9 Å². The Morgan fingerprint density at radius 3 is 2.54 bits per heavy atom. The van der Waals surface area contributed by atoms with Crippen molar-refractivity contribution in [3.63, 3.8) is 0 Å². The van der Waals surface area contributed by atoms with Crippen molar-refractivity contribution in [3.8, 4) is 5.75 Å². The van der Waals surface area contributed by atoms with Crippen LogP contribution < -0.4 is 14.4 Å². The van der Waals surface area contributed by atoms with Crippen molar-refractivity contribution in [2.24, 2.45) is 0 Å². The second-order valence-corrected chi connectivity index (χ2v) is 8.08. The molecule has 0 heterocycles. The average molecular weight is 397 g/mol. The van der Waals surface area contributed by atoms with Crippen LogP contribution in [0.25, 0.3) is 0 Å². The van der Waals surface area contributed by atoms with E-state index in [1.54, 1.807) is 42.5 Å². The first-order valence-electron chi connectivity index (χ1n) is 7.89. The second kappa shape index (κ2) is 8.42.